The largest absolute Gasteiger partial charge is 0.480 e. The molecule has 0 aliphatic rings. The lowest BCUT2D eigenvalue weighted by Crippen LogP contribution is -2.60. The Balaban J connectivity index is 5.74. The van der Waals surface area contributed by atoms with Gasteiger partial charge in [-0.15, -0.1) is 0 Å². The van der Waals surface area contributed by atoms with Crippen molar-refractivity contribution in [2.45, 2.75) is 138 Å². The first-order chi connectivity index (χ1) is 20.5. The number of carbonyl (C=O) groups excluding carboxylic acids is 5. The monoisotopic (exact) mass is 643 g/mol. The molecule has 45 heavy (non-hydrogen) atoms. The summed E-state index contributed by atoms with van der Waals surface area (Å²) in [5.74, 6) is -5.33. The highest BCUT2D eigenvalue weighted by molar-refractivity contribution is 5.93. The molecule has 0 saturated carbocycles. The topological polar surface area (TPSA) is 212 Å². The van der Waals surface area contributed by atoms with Gasteiger partial charge in [-0.25, -0.2) is 9.59 Å². The van der Waals surface area contributed by atoms with Gasteiger partial charge in [-0.2, -0.15) is 0 Å². The Kier molecular flexibility index (Phi) is 17.1. The molecule has 7 N–H and O–H groups in total. The second kappa shape index (κ2) is 18.5. The smallest absolute Gasteiger partial charge is 0.408 e. The number of rotatable bonds is 17. The van der Waals surface area contributed by atoms with Crippen LogP contribution in [0.1, 0.15) is 95.9 Å². The first-order valence-electron chi connectivity index (χ1n) is 15.6. The zero-order valence-corrected chi connectivity index (χ0v) is 28.9. The summed E-state index contributed by atoms with van der Waals surface area (Å²) < 4.78 is 5.26. The zero-order chi connectivity index (χ0) is 35.4. The molecular weight excluding hydrogens is 586 g/mol. The summed E-state index contributed by atoms with van der Waals surface area (Å²) in [5, 5.41) is 33.1. The number of carbonyl (C=O) groups is 6. The molecule has 260 valence electrons. The van der Waals surface area contributed by atoms with Gasteiger partial charge in [-0.05, 0) is 57.3 Å². The Hall–Kier alpha value is -3.42. The van der Waals surface area contributed by atoms with E-state index in [4.69, 9.17) is 4.74 Å². The molecule has 0 aromatic carbocycles. The van der Waals surface area contributed by atoms with Crippen molar-refractivity contribution < 1.29 is 43.7 Å². The number of carboxylic acids is 1. The van der Waals surface area contributed by atoms with Crippen LogP contribution in [-0.2, 0) is 28.7 Å². The highest BCUT2D eigenvalue weighted by Crippen LogP contribution is 2.12. The predicted octanol–water partition coefficient (Wildman–Crippen LogP) is 1.69. The first-order valence-corrected chi connectivity index (χ1v) is 15.6. The van der Waals surface area contributed by atoms with Crippen LogP contribution >= 0.6 is 0 Å². The van der Waals surface area contributed by atoms with Crippen LogP contribution in [-0.4, -0.2) is 87.8 Å². The van der Waals surface area contributed by atoms with E-state index in [2.05, 4.69) is 26.6 Å². The molecule has 14 heteroatoms. The number of alkyl carbamates (subject to hydrolysis) is 1. The predicted molar refractivity (Wildman–Crippen MR) is 169 cm³/mol. The number of aliphatic carboxylic acids is 1. The third-order valence-corrected chi connectivity index (χ3v) is 6.86. The lowest BCUT2D eigenvalue weighted by Gasteiger charge is -2.30. The number of carboxylic acid groups (broad SMARTS) is 1. The fraction of sp³-hybridized carbons (Fsp3) is 0.806. The fourth-order valence-corrected chi connectivity index (χ4v) is 4.33. The maximum atomic E-state index is 13.3. The minimum atomic E-state index is -1.76. The standard InChI is InChI=1S/C31H57N5O9/c1-13-19(24(37)28(41)33-20(14-15(2)3)25(38)35-23(18(8)9)29(42)43)32-26(39)21(16(4)5)34-27(40)22(17(6)7)36-30(44)45-31(10,11)12/h15-24,37H,13-14H2,1-12H3,(H,32,39)(H,33,41)(H,34,40)(H,35,38)(H,36,44)(H,42,43)/t19?,20-,21+,22+,23+,24?/m1/s1. The molecule has 0 saturated heterocycles. The average Bonchev–Trinajstić information content (AvgIpc) is 2.88. The maximum absolute atomic E-state index is 13.3. The van der Waals surface area contributed by atoms with E-state index in [-0.39, 0.29) is 24.7 Å². The van der Waals surface area contributed by atoms with Crippen LogP contribution in [0.4, 0.5) is 4.79 Å². The highest BCUT2D eigenvalue weighted by atomic mass is 16.6. The fourth-order valence-electron chi connectivity index (χ4n) is 4.33. The van der Waals surface area contributed by atoms with Gasteiger partial charge in [0.05, 0.1) is 6.04 Å². The summed E-state index contributed by atoms with van der Waals surface area (Å²) in [6, 6.07) is -5.47. The number of aliphatic hydroxyl groups is 1. The van der Waals surface area contributed by atoms with Crippen molar-refractivity contribution in [3.05, 3.63) is 0 Å². The van der Waals surface area contributed by atoms with Crippen LogP contribution in [0.25, 0.3) is 0 Å². The normalized spacial score (nSPS) is 15.8. The third-order valence-electron chi connectivity index (χ3n) is 6.86. The second-order valence-corrected chi connectivity index (χ2v) is 13.8. The van der Waals surface area contributed by atoms with Crippen LogP contribution in [0.5, 0.6) is 0 Å². The zero-order valence-electron chi connectivity index (χ0n) is 28.9. The van der Waals surface area contributed by atoms with Gasteiger partial charge in [0.15, 0.2) is 6.10 Å². The maximum Gasteiger partial charge on any atom is 0.408 e. The molecule has 0 bridgehead atoms. The molecule has 0 spiro atoms. The molecule has 0 fully saturated rings. The molecule has 5 amide bonds. The summed E-state index contributed by atoms with van der Waals surface area (Å²) in [4.78, 5) is 76.5. The third kappa shape index (κ3) is 14.9. The van der Waals surface area contributed by atoms with E-state index >= 15 is 0 Å². The minimum absolute atomic E-state index is 0.0583. The lowest BCUT2D eigenvalue weighted by molar-refractivity contribution is -0.144. The number of aliphatic hydroxyl groups excluding tert-OH is 1. The van der Waals surface area contributed by atoms with Crippen molar-refractivity contribution in [2.75, 3.05) is 0 Å². The molecule has 2 unspecified atom stereocenters. The number of hydrogen-bond donors (Lipinski definition) is 7. The van der Waals surface area contributed by atoms with Crippen molar-refractivity contribution in [1.29, 1.82) is 0 Å². The lowest BCUT2D eigenvalue weighted by atomic mass is 9.98. The molecule has 0 radical (unpaired) electrons. The molecule has 0 heterocycles. The van der Waals surface area contributed by atoms with E-state index in [1.165, 1.54) is 0 Å². The molecule has 0 aromatic rings. The van der Waals surface area contributed by atoms with Crippen LogP contribution in [0.3, 0.4) is 0 Å². The number of nitrogens with one attached hydrogen (secondary N) is 5. The van der Waals surface area contributed by atoms with Crippen molar-refractivity contribution >= 4 is 35.7 Å². The Bertz CT molecular complexity index is 1020. The van der Waals surface area contributed by atoms with E-state index in [9.17, 15) is 39.0 Å². The van der Waals surface area contributed by atoms with Crippen molar-refractivity contribution in [3.8, 4) is 0 Å². The Morgan fingerprint density at radius 3 is 1.49 bits per heavy atom. The average molecular weight is 644 g/mol. The van der Waals surface area contributed by atoms with Crippen LogP contribution in [0, 0.1) is 23.7 Å². The Morgan fingerprint density at radius 1 is 0.644 bits per heavy atom. The summed E-state index contributed by atoms with van der Waals surface area (Å²) in [7, 11) is 0. The van der Waals surface area contributed by atoms with E-state index in [1.54, 1.807) is 69.2 Å². The second-order valence-electron chi connectivity index (χ2n) is 13.8. The molecule has 14 nitrogen and oxygen atoms in total. The van der Waals surface area contributed by atoms with Crippen LogP contribution in [0.15, 0.2) is 0 Å². The highest BCUT2D eigenvalue weighted by Gasteiger charge is 2.36. The molecular formula is C31H57N5O9. The molecule has 0 aliphatic carbocycles. The van der Waals surface area contributed by atoms with E-state index in [0.717, 1.165) is 0 Å². The Labute approximate surface area is 267 Å². The van der Waals surface area contributed by atoms with Crippen molar-refractivity contribution in [2.24, 2.45) is 23.7 Å². The number of amides is 5. The number of hydrogen-bond acceptors (Lipinski definition) is 8. The first kappa shape index (κ1) is 41.6. The number of ether oxygens (including phenoxy) is 1. The summed E-state index contributed by atoms with van der Waals surface area (Å²) in [6.07, 6.45) is -2.24. The van der Waals surface area contributed by atoms with Gasteiger partial charge in [-0.1, -0.05) is 62.3 Å². The molecule has 0 aromatic heterocycles. The molecule has 0 rings (SSSR count). The molecule has 6 atom stereocenters. The van der Waals surface area contributed by atoms with Gasteiger partial charge in [0.1, 0.15) is 29.8 Å². The quantitative estimate of drug-likeness (QED) is 0.123. The van der Waals surface area contributed by atoms with Gasteiger partial charge >= 0.3 is 12.1 Å². The van der Waals surface area contributed by atoms with Crippen LogP contribution < -0.4 is 26.6 Å². The van der Waals surface area contributed by atoms with Gasteiger partial charge < -0.3 is 41.5 Å². The van der Waals surface area contributed by atoms with E-state index in [0.29, 0.717) is 0 Å². The van der Waals surface area contributed by atoms with Gasteiger partial charge in [0.25, 0.3) is 5.91 Å². The van der Waals surface area contributed by atoms with Gasteiger partial charge in [0.2, 0.25) is 17.7 Å². The van der Waals surface area contributed by atoms with Crippen molar-refractivity contribution in [1.82, 2.24) is 26.6 Å². The Morgan fingerprint density at radius 2 is 1.09 bits per heavy atom. The van der Waals surface area contributed by atoms with Gasteiger partial charge in [-0.3, -0.25) is 19.2 Å². The minimum Gasteiger partial charge on any atom is -0.480 e. The summed E-state index contributed by atoms with van der Waals surface area (Å²) >= 11 is 0. The van der Waals surface area contributed by atoms with Gasteiger partial charge in [0, 0.05) is 0 Å². The molecule has 0 aliphatic heterocycles. The summed E-state index contributed by atoms with van der Waals surface area (Å²) in [5.41, 5.74) is -0.779. The SMILES string of the molecule is CCC(NC(=O)[C@@H](NC(=O)[C@@H](NC(=O)OC(C)(C)C)C(C)C)C(C)C)C(O)C(=O)N[C@H](CC(C)C)C(=O)N[C@H](C(=O)O)C(C)C. The van der Waals surface area contributed by atoms with Crippen molar-refractivity contribution in [3.63, 3.8) is 0 Å². The van der Waals surface area contributed by atoms with E-state index in [1.807, 2.05) is 13.8 Å². The summed E-state index contributed by atoms with van der Waals surface area (Å²) in [6.45, 7) is 20.5. The van der Waals surface area contributed by atoms with E-state index < -0.39 is 89.4 Å². The van der Waals surface area contributed by atoms with Crippen LogP contribution in [0.2, 0.25) is 0 Å².